The highest BCUT2D eigenvalue weighted by Gasteiger charge is 2.32. The number of piperidine rings is 1. The molecule has 0 aliphatic carbocycles. The minimum absolute atomic E-state index is 0.152. The van der Waals surface area contributed by atoms with Gasteiger partial charge in [-0.3, -0.25) is 4.79 Å². The number of anilines is 1. The van der Waals surface area contributed by atoms with Crippen LogP contribution in [-0.2, 0) is 20.6 Å². The Morgan fingerprint density at radius 2 is 1.97 bits per heavy atom. The van der Waals surface area contributed by atoms with Gasteiger partial charge in [0.05, 0.1) is 27.4 Å². The molecule has 5 nitrogen and oxygen atoms in total. The number of benzene rings is 2. The van der Waals surface area contributed by atoms with Crippen LogP contribution in [0, 0.1) is 5.92 Å². The van der Waals surface area contributed by atoms with E-state index < -0.39 is 10.0 Å². The zero-order chi connectivity index (χ0) is 21.0. The van der Waals surface area contributed by atoms with Crippen LogP contribution in [0.3, 0.4) is 0 Å². The van der Waals surface area contributed by atoms with E-state index in [0.29, 0.717) is 35.0 Å². The fourth-order valence-electron chi connectivity index (χ4n) is 3.32. The lowest BCUT2D eigenvalue weighted by molar-refractivity contribution is -0.120. The number of amides is 1. The van der Waals surface area contributed by atoms with E-state index in [-0.39, 0.29) is 24.1 Å². The number of carbonyl (C=O) groups is 1. The summed E-state index contributed by atoms with van der Waals surface area (Å²) in [6, 6.07) is 12.4. The van der Waals surface area contributed by atoms with Crippen molar-refractivity contribution in [3.8, 4) is 0 Å². The molecule has 0 bridgehead atoms. The summed E-state index contributed by atoms with van der Waals surface area (Å²) in [6.07, 6.45) is 3.25. The van der Waals surface area contributed by atoms with Gasteiger partial charge in [-0.2, -0.15) is 0 Å². The number of nitrogens with zero attached hydrogens (tertiary/aromatic N) is 1. The second-order valence-corrected chi connectivity index (χ2v) is 10.5. The highest BCUT2D eigenvalue weighted by Crippen LogP contribution is 2.28. The lowest BCUT2D eigenvalue weighted by Gasteiger charge is -2.31. The third kappa shape index (κ3) is 5.67. The van der Waals surface area contributed by atoms with E-state index in [2.05, 4.69) is 5.32 Å². The van der Waals surface area contributed by atoms with Crippen LogP contribution in [0.1, 0.15) is 18.4 Å². The molecule has 1 N–H and O–H groups in total. The third-order valence-electron chi connectivity index (χ3n) is 4.85. The van der Waals surface area contributed by atoms with Crippen LogP contribution in [-0.4, -0.2) is 38.0 Å². The molecule has 0 spiro atoms. The summed E-state index contributed by atoms with van der Waals surface area (Å²) in [5.74, 6) is -0.712. The Hall–Kier alpha value is -1.25. The van der Waals surface area contributed by atoms with Crippen molar-refractivity contribution in [3.63, 3.8) is 0 Å². The molecule has 2 aromatic carbocycles. The van der Waals surface area contributed by atoms with Crippen LogP contribution >= 0.6 is 35.0 Å². The first kappa shape index (κ1) is 22.4. The van der Waals surface area contributed by atoms with Gasteiger partial charge in [-0.25, -0.2) is 12.7 Å². The molecule has 3 rings (SSSR count). The smallest absolute Gasteiger partial charge is 0.228 e. The Balaban J connectivity index is 1.68. The molecule has 0 radical (unpaired) electrons. The summed E-state index contributed by atoms with van der Waals surface area (Å²) in [6.45, 7) is 0.589. The number of hydrogen-bond donors (Lipinski definition) is 1. The van der Waals surface area contributed by atoms with Crippen molar-refractivity contribution in [1.29, 1.82) is 0 Å². The lowest BCUT2D eigenvalue weighted by Crippen LogP contribution is -2.44. The van der Waals surface area contributed by atoms with Gasteiger partial charge in [-0.05, 0) is 48.9 Å². The van der Waals surface area contributed by atoms with Crippen molar-refractivity contribution in [1.82, 2.24) is 4.31 Å². The summed E-state index contributed by atoms with van der Waals surface area (Å²) in [5, 5.41) is 3.66. The first-order chi connectivity index (χ1) is 13.8. The first-order valence-corrected chi connectivity index (χ1v) is 12.7. The molecule has 29 heavy (non-hydrogen) atoms. The summed E-state index contributed by atoms with van der Waals surface area (Å²) < 4.78 is 27.2. The van der Waals surface area contributed by atoms with Crippen molar-refractivity contribution in [3.05, 3.63) is 58.1 Å². The van der Waals surface area contributed by atoms with E-state index in [1.165, 1.54) is 4.31 Å². The molecule has 0 saturated carbocycles. The number of carbonyl (C=O) groups excluding carboxylic acids is 1. The van der Waals surface area contributed by atoms with E-state index >= 15 is 0 Å². The molecule has 1 heterocycles. The van der Waals surface area contributed by atoms with Gasteiger partial charge in [0.1, 0.15) is 0 Å². The Morgan fingerprint density at radius 1 is 1.21 bits per heavy atom. The summed E-state index contributed by atoms with van der Waals surface area (Å²) >= 11 is 13.5. The van der Waals surface area contributed by atoms with Gasteiger partial charge in [0.2, 0.25) is 15.9 Å². The standard InChI is InChI=1S/C20H22Cl2N2O3S2/c1-28-19-7-3-2-6-18(19)23-20(25)15-5-4-10-24(12-15)29(26,27)13-14-8-9-16(21)17(22)11-14/h2-3,6-9,11,15H,4-5,10,12-13H2,1H3,(H,23,25). The number of para-hydroxylation sites is 1. The number of rotatable bonds is 6. The van der Waals surface area contributed by atoms with E-state index in [1.54, 1.807) is 30.0 Å². The van der Waals surface area contributed by atoms with Crippen LogP contribution in [0.25, 0.3) is 0 Å². The highest BCUT2D eigenvalue weighted by atomic mass is 35.5. The SMILES string of the molecule is CSc1ccccc1NC(=O)C1CCCN(S(=O)(=O)Cc2ccc(Cl)c(Cl)c2)C1. The molecule has 2 aromatic rings. The Kier molecular flexibility index (Phi) is 7.51. The van der Waals surface area contributed by atoms with Gasteiger partial charge >= 0.3 is 0 Å². The van der Waals surface area contributed by atoms with Gasteiger partial charge in [0.25, 0.3) is 0 Å². The maximum absolute atomic E-state index is 12.9. The third-order valence-corrected chi connectivity index (χ3v) is 8.20. The van der Waals surface area contributed by atoms with Crippen LogP contribution in [0.2, 0.25) is 10.0 Å². The van der Waals surface area contributed by atoms with Gasteiger partial charge in [-0.1, -0.05) is 41.4 Å². The number of hydrogen-bond acceptors (Lipinski definition) is 4. The van der Waals surface area contributed by atoms with Crippen molar-refractivity contribution in [2.75, 3.05) is 24.7 Å². The molecular weight excluding hydrogens is 451 g/mol. The van der Waals surface area contributed by atoms with E-state index in [0.717, 1.165) is 10.6 Å². The van der Waals surface area contributed by atoms with Crippen LogP contribution in [0.15, 0.2) is 47.4 Å². The van der Waals surface area contributed by atoms with Crippen molar-refractivity contribution < 1.29 is 13.2 Å². The molecule has 1 aliphatic rings. The zero-order valence-electron chi connectivity index (χ0n) is 15.9. The van der Waals surface area contributed by atoms with E-state index in [1.807, 2.05) is 30.5 Å². The van der Waals surface area contributed by atoms with E-state index in [9.17, 15) is 13.2 Å². The fourth-order valence-corrected chi connectivity index (χ4v) is 5.80. The van der Waals surface area contributed by atoms with E-state index in [4.69, 9.17) is 23.2 Å². The van der Waals surface area contributed by atoms with Crippen LogP contribution < -0.4 is 5.32 Å². The first-order valence-electron chi connectivity index (χ1n) is 9.16. The second kappa shape index (κ2) is 9.71. The lowest BCUT2D eigenvalue weighted by atomic mass is 9.99. The molecule has 1 atom stereocenters. The topological polar surface area (TPSA) is 66.5 Å². The molecule has 1 unspecified atom stereocenters. The van der Waals surface area contributed by atoms with Crippen LogP contribution in [0.5, 0.6) is 0 Å². The predicted molar refractivity (Wildman–Crippen MR) is 120 cm³/mol. The predicted octanol–water partition coefficient (Wildman–Crippen LogP) is 4.90. The zero-order valence-corrected chi connectivity index (χ0v) is 19.0. The number of nitrogens with one attached hydrogen (secondary N) is 1. The van der Waals surface area contributed by atoms with Gasteiger partial charge in [-0.15, -0.1) is 11.8 Å². The average Bonchev–Trinajstić information content (AvgIpc) is 2.71. The molecule has 156 valence electrons. The fraction of sp³-hybridized carbons (Fsp3) is 0.350. The maximum atomic E-state index is 12.9. The second-order valence-electron chi connectivity index (χ2n) is 6.89. The quantitative estimate of drug-likeness (QED) is 0.607. The molecule has 1 aliphatic heterocycles. The normalized spacial score (nSPS) is 17.8. The highest BCUT2D eigenvalue weighted by molar-refractivity contribution is 7.98. The van der Waals surface area contributed by atoms with Gasteiger partial charge in [0, 0.05) is 18.0 Å². The van der Waals surface area contributed by atoms with Gasteiger partial charge < -0.3 is 5.32 Å². The minimum atomic E-state index is -3.57. The van der Waals surface area contributed by atoms with Crippen molar-refractivity contribution >= 4 is 56.6 Å². The van der Waals surface area contributed by atoms with Crippen LogP contribution in [0.4, 0.5) is 5.69 Å². The average molecular weight is 473 g/mol. The minimum Gasteiger partial charge on any atom is -0.325 e. The number of halogens is 2. The van der Waals surface area contributed by atoms with Gasteiger partial charge in [0.15, 0.2) is 0 Å². The monoisotopic (exact) mass is 472 g/mol. The molecule has 1 fully saturated rings. The molecule has 0 aromatic heterocycles. The van der Waals surface area contributed by atoms with Crippen molar-refractivity contribution in [2.24, 2.45) is 5.92 Å². The van der Waals surface area contributed by atoms with Crippen molar-refractivity contribution in [2.45, 2.75) is 23.5 Å². The largest absolute Gasteiger partial charge is 0.325 e. The summed E-state index contributed by atoms with van der Waals surface area (Å²) in [5.41, 5.74) is 1.32. The number of sulfonamides is 1. The summed E-state index contributed by atoms with van der Waals surface area (Å²) in [7, 11) is -3.57. The molecule has 1 saturated heterocycles. The Bertz CT molecular complexity index is 999. The Morgan fingerprint density at radius 3 is 2.69 bits per heavy atom. The maximum Gasteiger partial charge on any atom is 0.228 e. The molecular formula is C20H22Cl2N2O3S2. The Labute approximate surface area is 185 Å². The molecule has 1 amide bonds. The number of thioether (sulfide) groups is 1. The summed E-state index contributed by atoms with van der Waals surface area (Å²) in [4.78, 5) is 13.7. The molecule has 9 heteroatoms.